The van der Waals surface area contributed by atoms with Crippen LogP contribution < -0.4 is 5.32 Å². The molecule has 0 amide bonds. The van der Waals surface area contributed by atoms with Gasteiger partial charge in [-0.05, 0) is 53.1 Å². The monoisotopic (exact) mass is 272 g/mol. The number of rotatable bonds is 8. The minimum absolute atomic E-state index is 0.180. The molecule has 19 heavy (non-hydrogen) atoms. The molecular weight excluding hydrogens is 240 g/mol. The lowest BCUT2D eigenvalue weighted by molar-refractivity contribution is -0.0102. The Morgan fingerprint density at radius 2 is 2.21 bits per heavy atom. The molecule has 1 fully saturated rings. The van der Waals surface area contributed by atoms with Gasteiger partial charge in [-0.3, -0.25) is 0 Å². The fourth-order valence-corrected chi connectivity index (χ4v) is 2.88. The van der Waals surface area contributed by atoms with Crippen molar-refractivity contribution >= 4 is 0 Å². The molecule has 1 saturated heterocycles. The topological polar surface area (TPSA) is 44.7 Å². The van der Waals surface area contributed by atoms with E-state index in [1.54, 1.807) is 0 Å². The van der Waals surface area contributed by atoms with Gasteiger partial charge in [-0.25, -0.2) is 0 Å². The van der Waals surface area contributed by atoms with Gasteiger partial charge in [-0.2, -0.15) is 0 Å². The molecule has 0 aromatic rings. The van der Waals surface area contributed by atoms with E-state index in [4.69, 9.17) is 4.74 Å². The Morgan fingerprint density at radius 3 is 2.74 bits per heavy atom. The van der Waals surface area contributed by atoms with Gasteiger partial charge in [0.15, 0.2) is 0 Å². The van der Waals surface area contributed by atoms with Crippen LogP contribution in [0.15, 0.2) is 0 Å². The largest absolute Gasteiger partial charge is 0.394 e. The molecule has 1 aliphatic rings. The number of aliphatic hydroxyl groups excluding tert-OH is 1. The molecule has 0 spiro atoms. The van der Waals surface area contributed by atoms with E-state index in [0.717, 1.165) is 26.1 Å². The van der Waals surface area contributed by atoms with Crippen LogP contribution in [0.5, 0.6) is 0 Å². The lowest BCUT2D eigenvalue weighted by Gasteiger charge is -2.37. The lowest BCUT2D eigenvalue weighted by atomic mass is 9.93. The molecule has 0 radical (unpaired) electrons. The van der Waals surface area contributed by atoms with Crippen molar-refractivity contribution in [3.8, 4) is 0 Å². The van der Waals surface area contributed by atoms with E-state index in [9.17, 15) is 5.11 Å². The predicted octanol–water partition coefficient (Wildman–Crippen LogP) is 1.63. The first-order valence-corrected chi connectivity index (χ1v) is 7.68. The number of nitrogens with one attached hydrogen (secondary N) is 1. The first-order valence-electron chi connectivity index (χ1n) is 7.68. The Labute approximate surface area is 118 Å². The van der Waals surface area contributed by atoms with Crippen molar-refractivity contribution in [2.45, 2.75) is 64.1 Å². The summed E-state index contributed by atoms with van der Waals surface area (Å²) in [6.07, 6.45) is 5.01. The van der Waals surface area contributed by atoms with E-state index in [1.165, 1.54) is 19.3 Å². The van der Waals surface area contributed by atoms with Crippen LogP contribution in [0.3, 0.4) is 0 Å². The Hall–Kier alpha value is -0.160. The van der Waals surface area contributed by atoms with E-state index in [2.05, 4.69) is 38.0 Å². The molecular formula is C15H32N2O2. The van der Waals surface area contributed by atoms with Crippen molar-refractivity contribution in [3.05, 3.63) is 0 Å². The minimum atomic E-state index is -0.185. The second kappa shape index (κ2) is 8.20. The van der Waals surface area contributed by atoms with Gasteiger partial charge >= 0.3 is 0 Å². The van der Waals surface area contributed by atoms with Crippen molar-refractivity contribution in [2.24, 2.45) is 0 Å². The van der Waals surface area contributed by atoms with E-state index in [-0.39, 0.29) is 12.1 Å². The average molecular weight is 272 g/mol. The molecule has 0 aliphatic carbocycles. The summed E-state index contributed by atoms with van der Waals surface area (Å²) in [7, 11) is 2.16. The zero-order valence-corrected chi connectivity index (χ0v) is 13.1. The van der Waals surface area contributed by atoms with Crippen LogP contribution in [0.1, 0.15) is 46.5 Å². The Bertz CT molecular complexity index is 244. The highest BCUT2D eigenvalue weighted by Gasteiger charge is 2.27. The molecule has 4 heteroatoms. The third kappa shape index (κ3) is 5.78. The summed E-state index contributed by atoms with van der Waals surface area (Å²) in [4.78, 5) is 2.36. The van der Waals surface area contributed by atoms with Gasteiger partial charge in [-0.15, -0.1) is 0 Å². The Kier molecular flexibility index (Phi) is 7.29. The molecule has 0 aromatic carbocycles. The van der Waals surface area contributed by atoms with Gasteiger partial charge in [0, 0.05) is 24.7 Å². The van der Waals surface area contributed by atoms with Crippen molar-refractivity contribution in [3.63, 3.8) is 0 Å². The molecule has 114 valence electrons. The van der Waals surface area contributed by atoms with Gasteiger partial charge in [0.2, 0.25) is 0 Å². The number of hydrogen-bond acceptors (Lipinski definition) is 4. The Balaban J connectivity index is 2.39. The molecule has 0 aromatic heterocycles. The molecule has 1 heterocycles. The number of likely N-dealkylation sites (N-methyl/N-ethyl adjacent to an activating group) is 2. The normalized spacial score (nSPS) is 25.3. The second-order valence-corrected chi connectivity index (χ2v) is 6.23. The quantitative estimate of drug-likeness (QED) is 0.705. The van der Waals surface area contributed by atoms with Crippen LogP contribution in [-0.4, -0.2) is 61.0 Å². The summed E-state index contributed by atoms with van der Waals surface area (Å²) >= 11 is 0. The summed E-state index contributed by atoms with van der Waals surface area (Å²) in [5.74, 6) is 0. The van der Waals surface area contributed by atoms with Gasteiger partial charge < -0.3 is 20.1 Å². The third-order valence-corrected chi connectivity index (χ3v) is 4.22. The molecule has 0 bridgehead atoms. The summed E-state index contributed by atoms with van der Waals surface area (Å²) in [6, 6.07) is 0.432. The molecule has 1 aliphatic heterocycles. The smallest absolute Gasteiger partial charge is 0.0702 e. The first kappa shape index (κ1) is 16.9. The fourth-order valence-electron chi connectivity index (χ4n) is 2.88. The van der Waals surface area contributed by atoms with E-state index in [1.807, 2.05) is 0 Å². The number of aliphatic hydroxyl groups is 1. The zero-order chi connectivity index (χ0) is 14.3. The highest BCUT2D eigenvalue weighted by atomic mass is 16.5. The maximum absolute atomic E-state index is 9.56. The summed E-state index contributed by atoms with van der Waals surface area (Å²) in [5, 5.41) is 13.0. The van der Waals surface area contributed by atoms with Gasteiger partial charge in [0.25, 0.3) is 0 Å². The van der Waals surface area contributed by atoms with Gasteiger partial charge in [0.1, 0.15) is 0 Å². The zero-order valence-electron chi connectivity index (χ0n) is 13.1. The van der Waals surface area contributed by atoms with E-state index in [0.29, 0.717) is 12.1 Å². The molecule has 2 N–H and O–H groups in total. The Morgan fingerprint density at radius 1 is 1.47 bits per heavy atom. The molecule has 1 rings (SSSR count). The number of nitrogens with zero attached hydrogens (tertiary/aromatic N) is 1. The van der Waals surface area contributed by atoms with Crippen molar-refractivity contribution < 1.29 is 9.84 Å². The van der Waals surface area contributed by atoms with Gasteiger partial charge in [0.05, 0.1) is 12.7 Å². The SMILES string of the molecule is CCNC(C)(CO)CC(C)N(C)CC1CCCCO1. The molecule has 4 nitrogen and oxygen atoms in total. The highest BCUT2D eigenvalue weighted by molar-refractivity contribution is 4.86. The maximum atomic E-state index is 9.56. The number of ether oxygens (including phenoxy) is 1. The third-order valence-electron chi connectivity index (χ3n) is 4.22. The maximum Gasteiger partial charge on any atom is 0.0702 e. The molecule has 3 atom stereocenters. The summed E-state index contributed by atoms with van der Waals surface area (Å²) < 4.78 is 5.80. The van der Waals surface area contributed by atoms with E-state index >= 15 is 0 Å². The van der Waals surface area contributed by atoms with E-state index < -0.39 is 0 Å². The van der Waals surface area contributed by atoms with Crippen LogP contribution >= 0.6 is 0 Å². The van der Waals surface area contributed by atoms with Crippen LogP contribution in [0.25, 0.3) is 0 Å². The minimum Gasteiger partial charge on any atom is -0.394 e. The standard InChI is InChI=1S/C15H32N2O2/c1-5-16-15(3,12-18)10-13(2)17(4)11-14-8-6-7-9-19-14/h13-14,16,18H,5-12H2,1-4H3. The highest BCUT2D eigenvalue weighted by Crippen LogP contribution is 2.18. The predicted molar refractivity (Wildman–Crippen MR) is 79.5 cm³/mol. The first-order chi connectivity index (χ1) is 9.00. The van der Waals surface area contributed by atoms with Gasteiger partial charge in [-0.1, -0.05) is 6.92 Å². The number of hydrogen-bond donors (Lipinski definition) is 2. The molecule has 0 saturated carbocycles. The van der Waals surface area contributed by atoms with Crippen LogP contribution in [-0.2, 0) is 4.74 Å². The summed E-state index contributed by atoms with van der Waals surface area (Å²) in [6.45, 7) is 9.38. The van der Waals surface area contributed by atoms with Crippen molar-refractivity contribution in [2.75, 3.05) is 33.4 Å². The van der Waals surface area contributed by atoms with Crippen molar-refractivity contribution in [1.29, 1.82) is 0 Å². The second-order valence-electron chi connectivity index (χ2n) is 6.23. The average Bonchev–Trinajstić information content (AvgIpc) is 2.40. The van der Waals surface area contributed by atoms with Crippen LogP contribution in [0, 0.1) is 0 Å². The lowest BCUT2D eigenvalue weighted by Crippen LogP contribution is -2.51. The van der Waals surface area contributed by atoms with Crippen LogP contribution in [0.4, 0.5) is 0 Å². The fraction of sp³-hybridized carbons (Fsp3) is 1.00. The summed E-state index contributed by atoms with van der Waals surface area (Å²) in [5.41, 5.74) is -0.185. The van der Waals surface area contributed by atoms with Crippen molar-refractivity contribution in [1.82, 2.24) is 10.2 Å². The van der Waals surface area contributed by atoms with Crippen LogP contribution in [0.2, 0.25) is 0 Å². The molecule has 3 unspecified atom stereocenters.